The number of benzene rings is 1. The van der Waals surface area contributed by atoms with Gasteiger partial charge in [-0.05, 0) is 37.0 Å². The molecule has 0 bridgehead atoms. The van der Waals surface area contributed by atoms with Gasteiger partial charge in [0.25, 0.3) is 5.91 Å². The Bertz CT molecular complexity index is 1140. The average molecular weight is 467 g/mol. The number of hydrogen-bond donors (Lipinski definition) is 4. The van der Waals surface area contributed by atoms with Crippen molar-refractivity contribution in [3.63, 3.8) is 0 Å². The van der Waals surface area contributed by atoms with E-state index in [0.29, 0.717) is 24.5 Å². The van der Waals surface area contributed by atoms with Crippen molar-refractivity contribution in [3.8, 4) is 11.1 Å². The van der Waals surface area contributed by atoms with Crippen LogP contribution in [-0.4, -0.2) is 44.7 Å². The molecule has 0 saturated carbocycles. The van der Waals surface area contributed by atoms with Crippen LogP contribution in [0.2, 0.25) is 0 Å². The number of amides is 1. The Morgan fingerprint density at radius 2 is 1.97 bits per heavy atom. The zero-order valence-electron chi connectivity index (χ0n) is 19.3. The Morgan fingerprint density at radius 3 is 2.59 bits per heavy atom. The molecular formula is C24H30N6O4. The zero-order chi connectivity index (χ0) is 24.7. The van der Waals surface area contributed by atoms with Crippen molar-refractivity contribution in [2.75, 3.05) is 24.2 Å². The van der Waals surface area contributed by atoms with Crippen molar-refractivity contribution in [2.45, 2.75) is 39.3 Å². The molecule has 10 heteroatoms. The Kier molecular flexibility index (Phi) is 8.20. The lowest BCUT2D eigenvalue weighted by atomic mass is 10.0. The number of aromatic nitrogens is 2. The maximum Gasteiger partial charge on any atom is 0.311 e. The number of pyridine rings is 1. The third kappa shape index (κ3) is 6.10. The molecule has 0 unspecified atom stereocenters. The van der Waals surface area contributed by atoms with Crippen LogP contribution in [-0.2, 0) is 13.0 Å². The van der Waals surface area contributed by atoms with Gasteiger partial charge in [0.1, 0.15) is 5.82 Å². The molecule has 0 spiro atoms. The maximum atomic E-state index is 12.9. The van der Waals surface area contributed by atoms with Crippen LogP contribution in [0.3, 0.4) is 0 Å². The molecule has 0 radical (unpaired) electrons. The van der Waals surface area contributed by atoms with Crippen molar-refractivity contribution in [1.29, 1.82) is 0 Å². The van der Waals surface area contributed by atoms with Crippen LogP contribution < -0.4 is 16.4 Å². The molecular weight excluding hydrogens is 436 g/mol. The first-order valence-electron chi connectivity index (χ1n) is 11.2. The molecule has 0 saturated heterocycles. The van der Waals surface area contributed by atoms with Crippen molar-refractivity contribution in [3.05, 3.63) is 70.0 Å². The molecule has 0 aliphatic heterocycles. The fourth-order valence-corrected chi connectivity index (χ4v) is 3.51. The maximum absolute atomic E-state index is 12.9. The van der Waals surface area contributed by atoms with E-state index in [4.69, 9.17) is 5.73 Å². The third-order valence-electron chi connectivity index (χ3n) is 5.45. The number of aryl methyl sites for hydroxylation is 2. The van der Waals surface area contributed by atoms with E-state index in [-0.39, 0.29) is 30.1 Å². The Labute approximate surface area is 198 Å². The minimum absolute atomic E-state index is 0.132. The number of aliphatic hydroxyl groups is 1. The molecule has 5 N–H and O–H groups in total. The second-order valence-electron chi connectivity index (χ2n) is 8.07. The van der Waals surface area contributed by atoms with E-state index in [1.54, 1.807) is 6.92 Å². The number of rotatable bonds is 11. The number of carbonyl (C=O) groups excluding carboxylic acids is 1. The Hall–Kier alpha value is -3.92. The summed E-state index contributed by atoms with van der Waals surface area (Å²) >= 11 is 0. The Morgan fingerprint density at radius 1 is 1.24 bits per heavy atom. The minimum Gasteiger partial charge on any atom is -0.394 e. The van der Waals surface area contributed by atoms with Crippen molar-refractivity contribution >= 4 is 23.2 Å². The SMILES string of the molecule is CCc1ccc(-c2cn(CCCNc3ccc([N+](=O)[O-])c(N)n3)cc2C(=O)N[C@H](C)CO)cc1. The summed E-state index contributed by atoms with van der Waals surface area (Å²) in [6.45, 7) is 4.90. The first kappa shape index (κ1) is 24.7. The quantitative estimate of drug-likeness (QED) is 0.193. The highest BCUT2D eigenvalue weighted by atomic mass is 16.6. The largest absolute Gasteiger partial charge is 0.394 e. The fraction of sp³-hybridized carbons (Fsp3) is 0.333. The van der Waals surface area contributed by atoms with Gasteiger partial charge in [-0.15, -0.1) is 0 Å². The van der Waals surface area contributed by atoms with Crippen LogP contribution in [0.1, 0.15) is 36.2 Å². The van der Waals surface area contributed by atoms with Crippen LogP contribution in [0, 0.1) is 10.1 Å². The van der Waals surface area contributed by atoms with E-state index in [1.165, 1.54) is 17.7 Å². The molecule has 2 aromatic heterocycles. The average Bonchev–Trinajstić information content (AvgIpc) is 3.26. The molecule has 0 aliphatic rings. The van der Waals surface area contributed by atoms with E-state index in [1.807, 2.05) is 29.1 Å². The summed E-state index contributed by atoms with van der Waals surface area (Å²) in [5.41, 5.74) is 8.94. The standard InChI is InChI=1S/C24H30N6O4/c1-3-17-5-7-18(8-6-17)19-13-29(14-20(19)24(32)27-16(2)15-31)12-4-11-26-22-10-9-21(30(33)34)23(25)28-22/h5-10,13-14,16,31H,3-4,11-12,15H2,1-2H3,(H,27,32)(H3,25,26,28)/t16-/m1/s1. The topological polar surface area (TPSA) is 148 Å². The lowest BCUT2D eigenvalue weighted by Gasteiger charge is -2.11. The molecule has 3 rings (SSSR count). The summed E-state index contributed by atoms with van der Waals surface area (Å²) in [5, 5.41) is 26.1. The second kappa shape index (κ2) is 11.3. The van der Waals surface area contributed by atoms with E-state index < -0.39 is 4.92 Å². The van der Waals surface area contributed by atoms with Gasteiger partial charge >= 0.3 is 5.69 Å². The van der Waals surface area contributed by atoms with E-state index >= 15 is 0 Å². The van der Waals surface area contributed by atoms with Gasteiger partial charge in [-0.2, -0.15) is 0 Å². The predicted molar refractivity (Wildman–Crippen MR) is 132 cm³/mol. The highest BCUT2D eigenvalue weighted by Crippen LogP contribution is 2.26. The number of anilines is 2. The van der Waals surface area contributed by atoms with Crippen molar-refractivity contribution < 1.29 is 14.8 Å². The summed E-state index contributed by atoms with van der Waals surface area (Å²) in [5.74, 6) is 0.0934. The third-order valence-corrected chi connectivity index (χ3v) is 5.45. The number of hydrogen-bond acceptors (Lipinski definition) is 7. The number of nitro groups is 1. The van der Waals surface area contributed by atoms with Gasteiger partial charge in [0.2, 0.25) is 5.82 Å². The van der Waals surface area contributed by atoms with Gasteiger partial charge in [0.15, 0.2) is 0 Å². The smallest absolute Gasteiger partial charge is 0.311 e. The van der Waals surface area contributed by atoms with Crippen LogP contribution in [0.15, 0.2) is 48.8 Å². The van der Waals surface area contributed by atoms with Crippen LogP contribution in [0.4, 0.5) is 17.3 Å². The minimum atomic E-state index is -0.569. The number of nitrogen functional groups attached to an aromatic ring is 1. The molecule has 1 atom stereocenters. The lowest BCUT2D eigenvalue weighted by molar-refractivity contribution is -0.384. The van der Waals surface area contributed by atoms with Gasteiger partial charge in [-0.25, -0.2) is 4.98 Å². The van der Waals surface area contributed by atoms with E-state index in [2.05, 4.69) is 34.7 Å². The van der Waals surface area contributed by atoms with Crippen LogP contribution in [0.5, 0.6) is 0 Å². The number of nitrogens with zero attached hydrogens (tertiary/aromatic N) is 3. The summed E-state index contributed by atoms with van der Waals surface area (Å²) < 4.78 is 1.96. The van der Waals surface area contributed by atoms with Gasteiger partial charge in [0.05, 0.1) is 17.1 Å². The second-order valence-corrected chi connectivity index (χ2v) is 8.07. The number of carbonyl (C=O) groups is 1. The normalized spacial score (nSPS) is 11.7. The molecule has 0 fully saturated rings. The molecule has 1 amide bonds. The highest BCUT2D eigenvalue weighted by molar-refractivity contribution is 6.01. The number of nitrogens with two attached hydrogens (primary N) is 1. The van der Waals surface area contributed by atoms with Crippen LogP contribution in [0.25, 0.3) is 11.1 Å². The van der Waals surface area contributed by atoms with Crippen molar-refractivity contribution in [1.82, 2.24) is 14.9 Å². The highest BCUT2D eigenvalue weighted by Gasteiger charge is 2.18. The molecule has 10 nitrogen and oxygen atoms in total. The van der Waals surface area contributed by atoms with Gasteiger partial charge in [-0.3, -0.25) is 14.9 Å². The molecule has 0 aliphatic carbocycles. The number of aliphatic hydroxyl groups excluding tert-OH is 1. The first-order valence-corrected chi connectivity index (χ1v) is 11.2. The fourth-order valence-electron chi connectivity index (χ4n) is 3.51. The molecule has 180 valence electrons. The summed E-state index contributed by atoms with van der Waals surface area (Å²) in [7, 11) is 0. The van der Waals surface area contributed by atoms with Gasteiger partial charge < -0.3 is 26.0 Å². The first-order chi connectivity index (χ1) is 16.3. The molecule has 2 heterocycles. The zero-order valence-corrected chi connectivity index (χ0v) is 19.3. The van der Waals surface area contributed by atoms with Crippen LogP contribution >= 0.6 is 0 Å². The van der Waals surface area contributed by atoms with E-state index in [0.717, 1.165) is 24.0 Å². The van der Waals surface area contributed by atoms with Gasteiger partial charge in [0, 0.05) is 43.2 Å². The molecule has 34 heavy (non-hydrogen) atoms. The lowest BCUT2D eigenvalue weighted by Crippen LogP contribution is -2.35. The molecule has 3 aromatic rings. The number of nitrogens with one attached hydrogen (secondary N) is 2. The summed E-state index contributed by atoms with van der Waals surface area (Å²) in [6.07, 6.45) is 5.41. The van der Waals surface area contributed by atoms with Gasteiger partial charge in [-0.1, -0.05) is 31.2 Å². The summed E-state index contributed by atoms with van der Waals surface area (Å²) in [4.78, 5) is 27.2. The monoisotopic (exact) mass is 466 g/mol. The predicted octanol–water partition coefficient (Wildman–Crippen LogP) is 3.22. The van der Waals surface area contributed by atoms with E-state index in [9.17, 15) is 20.0 Å². The Balaban J connectivity index is 1.70. The molecule has 1 aromatic carbocycles. The van der Waals surface area contributed by atoms with Crippen molar-refractivity contribution in [2.24, 2.45) is 0 Å². The summed E-state index contributed by atoms with van der Waals surface area (Å²) in [6, 6.07) is 10.6.